The SMILES string of the molecule is CC(C)CC(C)CC(C)(O)C(C)(C)C. The molecule has 0 aromatic heterocycles. The lowest BCUT2D eigenvalue weighted by Crippen LogP contribution is -2.41. The zero-order valence-electron chi connectivity index (χ0n) is 11.0. The lowest BCUT2D eigenvalue weighted by Gasteiger charge is -2.39. The summed E-state index contributed by atoms with van der Waals surface area (Å²) in [5, 5.41) is 10.3. The van der Waals surface area contributed by atoms with E-state index in [1.54, 1.807) is 0 Å². The van der Waals surface area contributed by atoms with E-state index in [-0.39, 0.29) is 5.41 Å². The van der Waals surface area contributed by atoms with Gasteiger partial charge in [-0.2, -0.15) is 0 Å². The first-order valence-corrected chi connectivity index (χ1v) is 5.78. The fraction of sp³-hybridized carbons (Fsp3) is 1.00. The highest BCUT2D eigenvalue weighted by atomic mass is 16.3. The monoisotopic (exact) mass is 200 g/mol. The molecule has 1 N–H and O–H groups in total. The molecule has 14 heavy (non-hydrogen) atoms. The van der Waals surface area contributed by atoms with Crippen LogP contribution in [0.15, 0.2) is 0 Å². The average Bonchev–Trinajstić information content (AvgIpc) is 1.79. The molecule has 0 spiro atoms. The topological polar surface area (TPSA) is 20.2 Å². The van der Waals surface area contributed by atoms with Crippen molar-refractivity contribution < 1.29 is 5.11 Å². The Morgan fingerprint density at radius 3 is 1.71 bits per heavy atom. The average molecular weight is 200 g/mol. The predicted molar refractivity (Wildman–Crippen MR) is 63.3 cm³/mol. The van der Waals surface area contributed by atoms with Crippen LogP contribution in [0.1, 0.15) is 61.3 Å². The summed E-state index contributed by atoms with van der Waals surface area (Å²) in [5.74, 6) is 1.32. The molecule has 0 heterocycles. The second-order valence-corrected chi connectivity index (χ2v) is 6.46. The van der Waals surface area contributed by atoms with Gasteiger partial charge in [0.25, 0.3) is 0 Å². The van der Waals surface area contributed by atoms with E-state index in [0.717, 1.165) is 12.3 Å². The highest BCUT2D eigenvalue weighted by Crippen LogP contribution is 2.36. The van der Waals surface area contributed by atoms with Crippen LogP contribution >= 0.6 is 0 Å². The minimum absolute atomic E-state index is 0.0295. The van der Waals surface area contributed by atoms with Crippen LogP contribution in [-0.2, 0) is 0 Å². The van der Waals surface area contributed by atoms with Crippen LogP contribution in [0.3, 0.4) is 0 Å². The van der Waals surface area contributed by atoms with Gasteiger partial charge in [0.1, 0.15) is 0 Å². The Balaban J connectivity index is 4.22. The summed E-state index contributed by atoms with van der Waals surface area (Å²) in [5.41, 5.74) is -0.584. The molecule has 0 aliphatic heterocycles. The van der Waals surface area contributed by atoms with Crippen LogP contribution in [0, 0.1) is 17.3 Å². The van der Waals surface area contributed by atoms with Gasteiger partial charge in [0, 0.05) is 0 Å². The highest BCUT2D eigenvalue weighted by Gasteiger charge is 2.36. The Morgan fingerprint density at radius 2 is 1.43 bits per heavy atom. The van der Waals surface area contributed by atoms with E-state index in [2.05, 4.69) is 41.5 Å². The van der Waals surface area contributed by atoms with Crippen molar-refractivity contribution >= 4 is 0 Å². The molecule has 86 valence electrons. The van der Waals surface area contributed by atoms with Gasteiger partial charge < -0.3 is 5.11 Å². The Bertz CT molecular complexity index is 163. The summed E-state index contributed by atoms with van der Waals surface area (Å²) in [6.45, 7) is 15.0. The molecule has 0 fully saturated rings. The van der Waals surface area contributed by atoms with Crippen molar-refractivity contribution in [3.63, 3.8) is 0 Å². The lowest BCUT2D eigenvalue weighted by molar-refractivity contribution is -0.0596. The largest absolute Gasteiger partial charge is 0.390 e. The van der Waals surface area contributed by atoms with Crippen LogP contribution in [0.2, 0.25) is 0 Å². The van der Waals surface area contributed by atoms with Crippen molar-refractivity contribution in [2.45, 2.75) is 66.9 Å². The summed E-state index contributed by atoms with van der Waals surface area (Å²) in [4.78, 5) is 0. The first-order chi connectivity index (χ1) is 6.06. The molecule has 1 heteroatoms. The Kier molecular flexibility index (Phi) is 4.64. The number of hydrogen-bond donors (Lipinski definition) is 1. The van der Waals surface area contributed by atoms with Gasteiger partial charge in [-0.25, -0.2) is 0 Å². The van der Waals surface area contributed by atoms with E-state index >= 15 is 0 Å². The molecule has 2 unspecified atom stereocenters. The fourth-order valence-electron chi connectivity index (χ4n) is 1.87. The molecule has 0 aromatic carbocycles. The van der Waals surface area contributed by atoms with Gasteiger partial charge in [-0.1, -0.05) is 41.5 Å². The van der Waals surface area contributed by atoms with Crippen molar-refractivity contribution in [2.24, 2.45) is 17.3 Å². The van der Waals surface area contributed by atoms with Gasteiger partial charge in [-0.05, 0) is 37.0 Å². The predicted octanol–water partition coefficient (Wildman–Crippen LogP) is 3.86. The van der Waals surface area contributed by atoms with E-state index in [9.17, 15) is 5.11 Å². The van der Waals surface area contributed by atoms with Crippen LogP contribution in [0.25, 0.3) is 0 Å². The van der Waals surface area contributed by atoms with E-state index in [1.165, 1.54) is 6.42 Å². The lowest BCUT2D eigenvalue weighted by atomic mass is 9.72. The second-order valence-electron chi connectivity index (χ2n) is 6.46. The van der Waals surface area contributed by atoms with Crippen molar-refractivity contribution in [1.29, 1.82) is 0 Å². The van der Waals surface area contributed by atoms with E-state index in [4.69, 9.17) is 0 Å². The smallest absolute Gasteiger partial charge is 0.0670 e. The van der Waals surface area contributed by atoms with Crippen LogP contribution < -0.4 is 0 Å². The first-order valence-electron chi connectivity index (χ1n) is 5.78. The summed E-state index contributed by atoms with van der Waals surface area (Å²) < 4.78 is 0. The molecule has 0 saturated carbocycles. The maximum atomic E-state index is 10.3. The van der Waals surface area contributed by atoms with Gasteiger partial charge in [-0.3, -0.25) is 0 Å². The van der Waals surface area contributed by atoms with E-state index < -0.39 is 5.60 Å². The first kappa shape index (κ1) is 14.0. The normalized spacial score (nSPS) is 19.5. The maximum Gasteiger partial charge on any atom is 0.0670 e. The fourth-order valence-corrected chi connectivity index (χ4v) is 1.87. The molecular formula is C13H28O. The Morgan fingerprint density at radius 1 is 1.00 bits per heavy atom. The summed E-state index contributed by atoms with van der Waals surface area (Å²) in [7, 11) is 0. The Hall–Kier alpha value is -0.0400. The number of hydrogen-bond acceptors (Lipinski definition) is 1. The quantitative estimate of drug-likeness (QED) is 0.730. The Labute approximate surface area is 89.9 Å². The van der Waals surface area contributed by atoms with Gasteiger partial charge >= 0.3 is 0 Å². The zero-order chi connectivity index (χ0) is 11.6. The molecule has 0 aromatic rings. The standard InChI is InChI=1S/C13H28O/c1-10(2)8-11(3)9-13(7,14)12(4,5)6/h10-11,14H,8-9H2,1-7H3. The van der Waals surface area contributed by atoms with Crippen LogP contribution in [0.4, 0.5) is 0 Å². The molecule has 0 radical (unpaired) electrons. The van der Waals surface area contributed by atoms with Crippen molar-refractivity contribution in [3.8, 4) is 0 Å². The minimum atomic E-state index is -0.554. The second kappa shape index (κ2) is 4.65. The third-order valence-corrected chi connectivity index (χ3v) is 3.24. The summed E-state index contributed by atoms with van der Waals surface area (Å²) in [6, 6.07) is 0. The van der Waals surface area contributed by atoms with Crippen molar-refractivity contribution in [1.82, 2.24) is 0 Å². The number of aliphatic hydroxyl groups is 1. The van der Waals surface area contributed by atoms with E-state index in [1.807, 2.05) is 6.92 Å². The molecule has 0 aliphatic carbocycles. The highest BCUT2D eigenvalue weighted by molar-refractivity contribution is 4.87. The molecule has 1 nitrogen and oxygen atoms in total. The molecule has 0 aliphatic rings. The van der Waals surface area contributed by atoms with E-state index in [0.29, 0.717) is 5.92 Å². The van der Waals surface area contributed by atoms with Gasteiger partial charge in [0.05, 0.1) is 5.60 Å². The summed E-state index contributed by atoms with van der Waals surface area (Å²) in [6.07, 6.45) is 2.10. The molecule has 0 rings (SSSR count). The van der Waals surface area contributed by atoms with Gasteiger partial charge in [0.2, 0.25) is 0 Å². The van der Waals surface area contributed by atoms with Crippen molar-refractivity contribution in [3.05, 3.63) is 0 Å². The number of rotatable bonds is 4. The zero-order valence-corrected chi connectivity index (χ0v) is 11.0. The minimum Gasteiger partial charge on any atom is -0.390 e. The molecule has 0 bridgehead atoms. The molecule has 2 atom stereocenters. The van der Waals surface area contributed by atoms with Gasteiger partial charge in [-0.15, -0.1) is 0 Å². The molecule has 0 amide bonds. The van der Waals surface area contributed by atoms with Crippen LogP contribution in [0.5, 0.6) is 0 Å². The third-order valence-electron chi connectivity index (χ3n) is 3.24. The maximum absolute atomic E-state index is 10.3. The molecular weight excluding hydrogens is 172 g/mol. The van der Waals surface area contributed by atoms with Crippen molar-refractivity contribution in [2.75, 3.05) is 0 Å². The molecule has 0 saturated heterocycles. The van der Waals surface area contributed by atoms with Crippen LogP contribution in [-0.4, -0.2) is 10.7 Å². The third kappa shape index (κ3) is 4.45. The summed E-state index contributed by atoms with van der Waals surface area (Å²) >= 11 is 0. The van der Waals surface area contributed by atoms with Gasteiger partial charge in [0.15, 0.2) is 0 Å².